The topological polar surface area (TPSA) is 62.3 Å². The van der Waals surface area contributed by atoms with Crippen molar-refractivity contribution >= 4 is 17.5 Å². The van der Waals surface area contributed by atoms with Crippen molar-refractivity contribution in [2.45, 2.75) is 13.8 Å². The Morgan fingerprint density at radius 1 is 1.17 bits per heavy atom. The summed E-state index contributed by atoms with van der Waals surface area (Å²) in [7, 11) is 0. The molecule has 128 valence electrons. The van der Waals surface area contributed by atoms with Crippen molar-refractivity contribution in [3.8, 4) is 0 Å². The van der Waals surface area contributed by atoms with Crippen molar-refractivity contribution in [3.63, 3.8) is 0 Å². The lowest BCUT2D eigenvalue weighted by Crippen LogP contribution is -2.39. The third kappa shape index (κ3) is 4.66. The number of aryl methyl sites for hydroxylation is 2. The van der Waals surface area contributed by atoms with Gasteiger partial charge in [0.05, 0.1) is 13.2 Å². The van der Waals surface area contributed by atoms with Crippen LogP contribution in [0.5, 0.6) is 0 Å². The quantitative estimate of drug-likeness (QED) is 0.850. The average Bonchev–Trinajstić information content (AvgIpc) is 2.59. The smallest absolute Gasteiger partial charge is 0.229 e. The van der Waals surface area contributed by atoms with Gasteiger partial charge in [0.15, 0.2) is 0 Å². The summed E-state index contributed by atoms with van der Waals surface area (Å²) in [6, 6.07) is 8.19. The second-order valence-electron chi connectivity index (χ2n) is 6.09. The van der Waals surface area contributed by atoms with Gasteiger partial charge in [-0.3, -0.25) is 4.90 Å². The minimum atomic E-state index is 0.610. The Labute approximate surface area is 143 Å². The van der Waals surface area contributed by atoms with Gasteiger partial charge in [0, 0.05) is 38.1 Å². The molecule has 0 amide bonds. The summed E-state index contributed by atoms with van der Waals surface area (Å²) >= 11 is 0. The summed E-state index contributed by atoms with van der Waals surface area (Å²) in [6.07, 6.45) is 1.77. The van der Waals surface area contributed by atoms with Crippen LogP contribution in [0.2, 0.25) is 0 Å². The summed E-state index contributed by atoms with van der Waals surface area (Å²) in [5.74, 6) is 1.45. The van der Waals surface area contributed by atoms with E-state index in [0.29, 0.717) is 5.95 Å². The van der Waals surface area contributed by atoms with E-state index in [0.717, 1.165) is 50.9 Å². The van der Waals surface area contributed by atoms with E-state index >= 15 is 0 Å². The number of nitrogens with one attached hydrogen (secondary N) is 2. The number of ether oxygens (including phenoxy) is 1. The van der Waals surface area contributed by atoms with Gasteiger partial charge < -0.3 is 15.4 Å². The first-order chi connectivity index (χ1) is 11.7. The molecule has 3 rings (SSSR count). The molecule has 2 N–H and O–H groups in total. The predicted octanol–water partition coefficient (Wildman–Crippen LogP) is 2.58. The maximum absolute atomic E-state index is 5.36. The molecule has 0 radical (unpaired) electrons. The Morgan fingerprint density at radius 2 is 2.00 bits per heavy atom. The average molecular weight is 327 g/mol. The number of rotatable bonds is 6. The van der Waals surface area contributed by atoms with E-state index in [1.165, 1.54) is 11.1 Å². The third-order valence-corrected chi connectivity index (χ3v) is 4.12. The van der Waals surface area contributed by atoms with Crippen molar-refractivity contribution in [2.24, 2.45) is 0 Å². The summed E-state index contributed by atoms with van der Waals surface area (Å²) in [5.41, 5.74) is 3.47. The molecule has 6 nitrogen and oxygen atoms in total. The molecule has 1 aromatic heterocycles. The van der Waals surface area contributed by atoms with Crippen LogP contribution in [-0.2, 0) is 4.74 Å². The zero-order valence-corrected chi connectivity index (χ0v) is 14.4. The summed E-state index contributed by atoms with van der Waals surface area (Å²) in [6.45, 7) is 9.70. The Bertz CT molecular complexity index is 670. The van der Waals surface area contributed by atoms with Gasteiger partial charge in [0.25, 0.3) is 0 Å². The number of benzene rings is 1. The van der Waals surface area contributed by atoms with E-state index in [4.69, 9.17) is 4.74 Å². The van der Waals surface area contributed by atoms with Crippen molar-refractivity contribution in [2.75, 3.05) is 50.0 Å². The Morgan fingerprint density at radius 3 is 2.79 bits per heavy atom. The van der Waals surface area contributed by atoms with Gasteiger partial charge in [-0.15, -0.1) is 0 Å². The number of morpholine rings is 1. The SMILES string of the molecule is Cc1ccc(Nc2nccc(NCCN3CCOCC3)n2)c(C)c1. The van der Waals surface area contributed by atoms with Crippen molar-refractivity contribution in [1.29, 1.82) is 0 Å². The summed E-state index contributed by atoms with van der Waals surface area (Å²) in [4.78, 5) is 11.2. The van der Waals surface area contributed by atoms with Crippen LogP contribution in [-0.4, -0.2) is 54.3 Å². The fraction of sp³-hybridized carbons (Fsp3) is 0.444. The molecule has 6 heteroatoms. The molecule has 0 spiro atoms. The van der Waals surface area contributed by atoms with Crippen LogP contribution >= 0.6 is 0 Å². The Hall–Kier alpha value is -2.18. The highest BCUT2D eigenvalue weighted by molar-refractivity contribution is 5.59. The molecule has 0 atom stereocenters. The maximum atomic E-state index is 5.36. The van der Waals surface area contributed by atoms with Crippen LogP contribution < -0.4 is 10.6 Å². The van der Waals surface area contributed by atoms with Gasteiger partial charge in [0.2, 0.25) is 5.95 Å². The first-order valence-corrected chi connectivity index (χ1v) is 8.42. The van der Waals surface area contributed by atoms with Gasteiger partial charge >= 0.3 is 0 Å². The van der Waals surface area contributed by atoms with E-state index in [-0.39, 0.29) is 0 Å². The first-order valence-electron chi connectivity index (χ1n) is 8.42. The lowest BCUT2D eigenvalue weighted by atomic mass is 10.1. The van der Waals surface area contributed by atoms with E-state index in [1.54, 1.807) is 6.20 Å². The molecule has 1 saturated heterocycles. The van der Waals surface area contributed by atoms with E-state index in [2.05, 4.69) is 57.5 Å². The minimum Gasteiger partial charge on any atom is -0.379 e. The highest BCUT2D eigenvalue weighted by Gasteiger charge is 2.09. The molecule has 2 heterocycles. The molecule has 0 bridgehead atoms. The standard InChI is InChI=1S/C18H25N5O/c1-14-3-4-16(15(2)13-14)21-18-20-6-5-17(22-18)19-7-8-23-9-11-24-12-10-23/h3-6,13H,7-12H2,1-2H3,(H2,19,20,21,22). The third-order valence-electron chi connectivity index (χ3n) is 4.12. The highest BCUT2D eigenvalue weighted by atomic mass is 16.5. The number of hydrogen-bond acceptors (Lipinski definition) is 6. The van der Waals surface area contributed by atoms with Gasteiger partial charge in [0.1, 0.15) is 5.82 Å². The largest absolute Gasteiger partial charge is 0.379 e. The van der Waals surface area contributed by atoms with Crippen molar-refractivity contribution in [1.82, 2.24) is 14.9 Å². The fourth-order valence-corrected chi connectivity index (χ4v) is 2.76. The summed E-state index contributed by atoms with van der Waals surface area (Å²) < 4.78 is 5.36. The Balaban J connectivity index is 1.55. The zero-order valence-electron chi connectivity index (χ0n) is 14.4. The van der Waals surface area contributed by atoms with E-state index < -0.39 is 0 Å². The molecule has 1 aliphatic rings. The molecule has 0 unspecified atom stereocenters. The highest BCUT2D eigenvalue weighted by Crippen LogP contribution is 2.19. The van der Waals surface area contributed by atoms with Gasteiger partial charge in [-0.25, -0.2) is 4.98 Å². The number of anilines is 3. The second kappa shape index (κ2) is 8.08. The van der Waals surface area contributed by atoms with Crippen LogP contribution in [0.1, 0.15) is 11.1 Å². The molecular formula is C18H25N5O. The molecule has 0 saturated carbocycles. The fourth-order valence-electron chi connectivity index (χ4n) is 2.76. The molecule has 0 aliphatic carbocycles. The summed E-state index contributed by atoms with van der Waals surface area (Å²) in [5, 5.41) is 6.66. The number of aromatic nitrogens is 2. The first kappa shape index (κ1) is 16.7. The Kier molecular flexibility index (Phi) is 5.61. The van der Waals surface area contributed by atoms with Gasteiger partial charge in [-0.05, 0) is 31.5 Å². The maximum Gasteiger partial charge on any atom is 0.229 e. The van der Waals surface area contributed by atoms with Crippen LogP contribution in [0, 0.1) is 13.8 Å². The molecule has 1 aliphatic heterocycles. The van der Waals surface area contributed by atoms with Gasteiger partial charge in [-0.2, -0.15) is 4.98 Å². The molecule has 1 fully saturated rings. The number of hydrogen-bond donors (Lipinski definition) is 2. The predicted molar refractivity (Wildman–Crippen MR) is 97.0 cm³/mol. The van der Waals surface area contributed by atoms with Crippen LogP contribution in [0.3, 0.4) is 0 Å². The normalized spacial score (nSPS) is 15.2. The molecule has 24 heavy (non-hydrogen) atoms. The van der Waals surface area contributed by atoms with Gasteiger partial charge in [-0.1, -0.05) is 17.7 Å². The van der Waals surface area contributed by atoms with Crippen molar-refractivity contribution in [3.05, 3.63) is 41.6 Å². The zero-order chi connectivity index (χ0) is 16.8. The van der Waals surface area contributed by atoms with E-state index in [1.807, 2.05) is 6.07 Å². The number of nitrogens with zero attached hydrogens (tertiary/aromatic N) is 3. The lowest BCUT2D eigenvalue weighted by Gasteiger charge is -2.26. The van der Waals surface area contributed by atoms with Crippen LogP contribution in [0.25, 0.3) is 0 Å². The molecule has 1 aromatic carbocycles. The monoisotopic (exact) mass is 327 g/mol. The van der Waals surface area contributed by atoms with Crippen LogP contribution in [0.15, 0.2) is 30.5 Å². The second-order valence-corrected chi connectivity index (χ2v) is 6.09. The minimum absolute atomic E-state index is 0.610. The van der Waals surface area contributed by atoms with E-state index in [9.17, 15) is 0 Å². The molecule has 2 aromatic rings. The lowest BCUT2D eigenvalue weighted by molar-refractivity contribution is 0.0398. The van der Waals surface area contributed by atoms with Crippen LogP contribution in [0.4, 0.5) is 17.5 Å². The van der Waals surface area contributed by atoms with Crippen molar-refractivity contribution < 1.29 is 4.74 Å². The molecular weight excluding hydrogens is 302 g/mol.